The highest BCUT2D eigenvalue weighted by molar-refractivity contribution is 5.97. The van der Waals surface area contributed by atoms with Crippen LogP contribution in [0.1, 0.15) is 23.2 Å². The minimum atomic E-state index is -0.0947. The largest absolute Gasteiger partial charge is 0.497 e. The van der Waals surface area contributed by atoms with Crippen LogP contribution in [0.25, 0.3) is 0 Å². The molecule has 2 aliphatic heterocycles. The van der Waals surface area contributed by atoms with E-state index in [-0.39, 0.29) is 12.2 Å². The van der Waals surface area contributed by atoms with Crippen LogP contribution in [0.3, 0.4) is 0 Å². The molecule has 0 radical (unpaired) electrons. The van der Waals surface area contributed by atoms with Gasteiger partial charge in [0.2, 0.25) is 0 Å². The molecule has 3 rings (SSSR count). The fourth-order valence-corrected chi connectivity index (χ4v) is 3.17. The quantitative estimate of drug-likeness (QED) is 0.848. The molecule has 0 atom stereocenters. The Hall–Kier alpha value is -1.79. The summed E-state index contributed by atoms with van der Waals surface area (Å²) in [7, 11) is 3.15. The van der Waals surface area contributed by atoms with Crippen LogP contribution in [0.4, 0.5) is 0 Å². The highest BCUT2D eigenvalue weighted by atomic mass is 16.7. The van der Waals surface area contributed by atoms with E-state index in [2.05, 4.69) is 0 Å². The third-order valence-electron chi connectivity index (χ3n) is 4.50. The van der Waals surface area contributed by atoms with Gasteiger partial charge in [0.1, 0.15) is 11.5 Å². The predicted molar refractivity (Wildman–Crippen MR) is 83.9 cm³/mol. The fraction of sp³-hybridized carbons (Fsp3) is 0.588. The molecule has 1 aromatic carbocycles. The van der Waals surface area contributed by atoms with Crippen molar-refractivity contribution in [1.82, 2.24) is 4.90 Å². The standard InChI is InChI=1S/C17H23NO5/c1-20-13-3-4-14(15(11-13)21-2)16(19)18-7-5-12(6-8-18)17-22-9-10-23-17/h3-4,11-12,17H,5-10H2,1-2H3. The van der Waals surface area contributed by atoms with Gasteiger partial charge in [-0.15, -0.1) is 0 Å². The second-order valence-electron chi connectivity index (χ2n) is 5.81. The number of amides is 1. The minimum absolute atomic E-state index is 0.00351. The number of nitrogens with zero attached hydrogens (tertiary/aromatic N) is 1. The highest BCUT2D eigenvalue weighted by Crippen LogP contribution is 2.29. The number of carbonyl (C=O) groups is 1. The van der Waals surface area contributed by atoms with Gasteiger partial charge >= 0.3 is 0 Å². The first-order chi connectivity index (χ1) is 11.2. The Morgan fingerprint density at radius 3 is 2.43 bits per heavy atom. The molecule has 126 valence electrons. The fourth-order valence-electron chi connectivity index (χ4n) is 3.17. The number of ether oxygens (including phenoxy) is 4. The summed E-state index contributed by atoms with van der Waals surface area (Å²) in [6.45, 7) is 2.77. The Morgan fingerprint density at radius 1 is 1.13 bits per heavy atom. The molecule has 23 heavy (non-hydrogen) atoms. The molecule has 6 heteroatoms. The van der Waals surface area contributed by atoms with E-state index in [9.17, 15) is 4.79 Å². The lowest BCUT2D eigenvalue weighted by Gasteiger charge is -2.34. The van der Waals surface area contributed by atoms with Gasteiger partial charge in [0.15, 0.2) is 6.29 Å². The second-order valence-corrected chi connectivity index (χ2v) is 5.81. The highest BCUT2D eigenvalue weighted by Gasteiger charge is 2.32. The third kappa shape index (κ3) is 3.43. The maximum Gasteiger partial charge on any atom is 0.257 e. The molecule has 1 amide bonds. The average molecular weight is 321 g/mol. The van der Waals surface area contributed by atoms with E-state index in [0.29, 0.717) is 49.3 Å². The van der Waals surface area contributed by atoms with Crippen molar-refractivity contribution in [2.24, 2.45) is 5.92 Å². The van der Waals surface area contributed by atoms with E-state index < -0.39 is 0 Å². The lowest BCUT2D eigenvalue weighted by Crippen LogP contribution is -2.41. The first kappa shape index (κ1) is 16.1. The van der Waals surface area contributed by atoms with E-state index in [1.807, 2.05) is 4.90 Å². The number of carbonyl (C=O) groups excluding carboxylic acids is 1. The van der Waals surface area contributed by atoms with Crippen LogP contribution in [0.15, 0.2) is 18.2 Å². The summed E-state index contributed by atoms with van der Waals surface area (Å²) in [5, 5.41) is 0. The first-order valence-corrected chi connectivity index (χ1v) is 7.97. The van der Waals surface area contributed by atoms with Gasteiger partial charge in [0.25, 0.3) is 5.91 Å². The summed E-state index contributed by atoms with van der Waals surface area (Å²) in [6.07, 6.45) is 1.70. The molecular formula is C17H23NO5. The first-order valence-electron chi connectivity index (χ1n) is 7.97. The number of hydrogen-bond acceptors (Lipinski definition) is 5. The molecule has 0 N–H and O–H groups in total. The molecule has 0 spiro atoms. The van der Waals surface area contributed by atoms with Crippen molar-refractivity contribution in [3.8, 4) is 11.5 Å². The van der Waals surface area contributed by atoms with Crippen molar-refractivity contribution in [1.29, 1.82) is 0 Å². The van der Waals surface area contributed by atoms with Crippen molar-refractivity contribution in [3.05, 3.63) is 23.8 Å². The number of benzene rings is 1. The molecule has 6 nitrogen and oxygen atoms in total. The second kappa shape index (κ2) is 7.19. The molecule has 0 unspecified atom stereocenters. The summed E-state index contributed by atoms with van der Waals surface area (Å²) < 4.78 is 21.7. The van der Waals surface area contributed by atoms with E-state index in [1.54, 1.807) is 32.4 Å². The molecule has 0 aliphatic carbocycles. The normalized spacial score (nSPS) is 19.8. The van der Waals surface area contributed by atoms with Crippen LogP contribution in [-0.2, 0) is 9.47 Å². The van der Waals surface area contributed by atoms with Gasteiger partial charge in [0.05, 0.1) is 33.0 Å². The molecule has 2 heterocycles. The number of hydrogen-bond donors (Lipinski definition) is 0. The zero-order valence-electron chi connectivity index (χ0n) is 13.6. The van der Waals surface area contributed by atoms with Gasteiger partial charge in [-0.1, -0.05) is 0 Å². The smallest absolute Gasteiger partial charge is 0.257 e. The van der Waals surface area contributed by atoms with Crippen molar-refractivity contribution >= 4 is 5.91 Å². The maximum absolute atomic E-state index is 12.7. The lowest BCUT2D eigenvalue weighted by molar-refractivity contribution is -0.0956. The van der Waals surface area contributed by atoms with Crippen LogP contribution in [0.2, 0.25) is 0 Å². The van der Waals surface area contributed by atoms with Crippen LogP contribution < -0.4 is 9.47 Å². The maximum atomic E-state index is 12.7. The van der Waals surface area contributed by atoms with Gasteiger partial charge in [0, 0.05) is 25.1 Å². The molecule has 0 aromatic heterocycles. The van der Waals surface area contributed by atoms with Gasteiger partial charge in [-0.05, 0) is 25.0 Å². The van der Waals surface area contributed by atoms with Crippen molar-refractivity contribution < 1.29 is 23.7 Å². The Balaban J connectivity index is 1.65. The molecule has 0 bridgehead atoms. The third-order valence-corrected chi connectivity index (χ3v) is 4.50. The van der Waals surface area contributed by atoms with Gasteiger partial charge in [-0.25, -0.2) is 0 Å². The molecule has 2 fully saturated rings. The number of piperidine rings is 1. The van der Waals surface area contributed by atoms with Gasteiger partial charge in [-0.2, -0.15) is 0 Å². The zero-order valence-corrected chi connectivity index (χ0v) is 13.6. The van der Waals surface area contributed by atoms with Crippen LogP contribution in [0, 0.1) is 5.92 Å². The van der Waals surface area contributed by atoms with E-state index in [1.165, 1.54) is 0 Å². The Bertz CT molecular complexity index is 548. The SMILES string of the molecule is COc1ccc(C(=O)N2CCC(C3OCCO3)CC2)c(OC)c1. The van der Waals surface area contributed by atoms with Crippen molar-refractivity contribution in [2.75, 3.05) is 40.5 Å². The summed E-state index contributed by atoms with van der Waals surface area (Å²) in [5.41, 5.74) is 0.570. The molecule has 1 aromatic rings. The summed E-state index contributed by atoms with van der Waals surface area (Å²) in [4.78, 5) is 14.6. The minimum Gasteiger partial charge on any atom is -0.497 e. The van der Waals surface area contributed by atoms with E-state index in [4.69, 9.17) is 18.9 Å². The monoisotopic (exact) mass is 321 g/mol. The summed E-state index contributed by atoms with van der Waals surface area (Å²) >= 11 is 0. The summed E-state index contributed by atoms with van der Waals surface area (Å²) in [5.74, 6) is 1.59. The van der Waals surface area contributed by atoms with Gasteiger partial charge < -0.3 is 23.8 Å². The molecule has 2 aliphatic rings. The number of rotatable bonds is 4. The van der Waals surface area contributed by atoms with Crippen LogP contribution in [0.5, 0.6) is 11.5 Å². The van der Waals surface area contributed by atoms with E-state index >= 15 is 0 Å². The van der Waals surface area contributed by atoms with Crippen molar-refractivity contribution in [3.63, 3.8) is 0 Å². The topological polar surface area (TPSA) is 57.2 Å². The predicted octanol–water partition coefficient (Wildman–Crippen LogP) is 1.93. The molecule has 2 saturated heterocycles. The number of likely N-dealkylation sites (tertiary alicyclic amines) is 1. The molecular weight excluding hydrogens is 298 g/mol. The summed E-state index contributed by atoms with van der Waals surface area (Å²) in [6, 6.07) is 5.28. The Morgan fingerprint density at radius 2 is 1.83 bits per heavy atom. The number of methoxy groups -OCH3 is 2. The average Bonchev–Trinajstić information content (AvgIpc) is 3.15. The van der Waals surface area contributed by atoms with Crippen molar-refractivity contribution in [2.45, 2.75) is 19.1 Å². The molecule has 0 saturated carbocycles. The van der Waals surface area contributed by atoms with Crippen LogP contribution in [-0.4, -0.2) is 57.6 Å². The van der Waals surface area contributed by atoms with E-state index in [0.717, 1.165) is 12.8 Å². The Labute approximate surface area is 136 Å². The van der Waals surface area contributed by atoms with Crippen LogP contribution >= 0.6 is 0 Å². The van der Waals surface area contributed by atoms with Gasteiger partial charge in [-0.3, -0.25) is 4.79 Å². The lowest BCUT2D eigenvalue weighted by atomic mass is 9.95. The zero-order chi connectivity index (χ0) is 16.2. The Kier molecular flexibility index (Phi) is 5.03.